The number of fused-ring (bicyclic) bond motifs is 1. The van der Waals surface area contributed by atoms with E-state index in [-0.39, 0.29) is 0 Å². The average Bonchev–Trinajstić information content (AvgIpc) is 2.23. The van der Waals surface area contributed by atoms with Gasteiger partial charge in [-0.1, -0.05) is 12.1 Å². The smallest absolute Gasteiger partial charge is 0.379 e. The Morgan fingerprint density at radius 2 is 2.00 bits per heavy atom. The predicted molar refractivity (Wildman–Crippen MR) is 54.2 cm³/mol. The molecule has 0 fully saturated rings. The van der Waals surface area contributed by atoms with Gasteiger partial charge in [0, 0.05) is 6.07 Å². The van der Waals surface area contributed by atoms with E-state index in [0.29, 0.717) is 11.4 Å². The highest BCUT2D eigenvalue weighted by Gasteiger charge is 2.12. The fraction of sp³-hybridized carbons (Fsp3) is 0.182. The van der Waals surface area contributed by atoms with Crippen LogP contribution >= 0.6 is 0 Å². The molecule has 0 aliphatic carbocycles. The van der Waals surface area contributed by atoms with Crippen LogP contribution in [0.1, 0.15) is 5.56 Å². The molecule has 0 amide bonds. The van der Waals surface area contributed by atoms with Gasteiger partial charge in [-0.3, -0.25) is 0 Å². The van der Waals surface area contributed by atoms with Gasteiger partial charge in [0.2, 0.25) is 5.52 Å². The summed E-state index contributed by atoms with van der Waals surface area (Å²) in [5.41, 5.74) is 1.69. The first kappa shape index (κ1) is 8.81. The lowest BCUT2D eigenvalue weighted by Gasteiger charge is -2.07. The van der Waals surface area contributed by atoms with Crippen molar-refractivity contribution in [3.63, 3.8) is 0 Å². The zero-order chi connectivity index (χ0) is 10.1. The molecule has 0 spiro atoms. The zero-order valence-corrected chi connectivity index (χ0v) is 8.15. The first-order chi connectivity index (χ1) is 6.74. The van der Waals surface area contributed by atoms with Gasteiger partial charge >= 0.3 is 5.88 Å². The second-order valence-electron chi connectivity index (χ2n) is 3.18. The number of para-hydroxylation sites is 1. The van der Waals surface area contributed by atoms with E-state index in [1.807, 2.05) is 25.1 Å². The summed E-state index contributed by atoms with van der Waals surface area (Å²) in [7, 11) is 1.50. The molecular formula is C11H11NO2. The minimum absolute atomic E-state index is 0.334. The Kier molecular flexibility index (Phi) is 2.00. The van der Waals surface area contributed by atoms with Crippen LogP contribution in [0.4, 0.5) is 0 Å². The molecule has 2 rings (SSSR count). The summed E-state index contributed by atoms with van der Waals surface area (Å²) < 4.78 is 5.79. The van der Waals surface area contributed by atoms with Gasteiger partial charge in [0.05, 0.1) is 18.6 Å². The highest BCUT2D eigenvalue weighted by molar-refractivity contribution is 5.79. The summed E-state index contributed by atoms with van der Waals surface area (Å²) in [6.45, 7) is 1.96. The van der Waals surface area contributed by atoms with Crippen LogP contribution in [0.5, 0.6) is 5.88 Å². The molecule has 72 valence electrons. The summed E-state index contributed by atoms with van der Waals surface area (Å²) in [5, 5.41) is 12.7. The van der Waals surface area contributed by atoms with Gasteiger partial charge in [-0.25, -0.2) is 0 Å². The van der Waals surface area contributed by atoms with Crippen molar-refractivity contribution in [3.05, 3.63) is 41.1 Å². The Labute approximate surface area is 82.1 Å². The maximum Gasteiger partial charge on any atom is 0.379 e. The SMILES string of the molecule is COc1cc(C)c2ccccc2[n+]1[O-]. The van der Waals surface area contributed by atoms with E-state index in [2.05, 4.69) is 0 Å². The number of methoxy groups -OCH3 is 1. The molecular weight excluding hydrogens is 178 g/mol. The topological polar surface area (TPSA) is 36.2 Å². The van der Waals surface area contributed by atoms with Crippen LogP contribution in [0, 0.1) is 12.1 Å². The Morgan fingerprint density at radius 1 is 1.29 bits per heavy atom. The first-order valence-corrected chi connectivity index (χ1v) is 4.40. The van der Waals surface area contributed by atoms with Crippen LogP contribution < -0.4 is 9.47 Å². The number of hydrogen-bond acceptors (Lipinski definition) is 2. The molecule has 14 heavy (non-hydrogen) atoms. The Hall–Kier alpha value is -1.77. The molecule has 3 heteroatoms. The number of rotatable bonds is 1. The Bertz CT molecular complexity index is 480. The summed E-state index contributed by atoms with van der Waals surface area (Å²) in [5.74, 6) is 0.334. The van der Waals surface area contributed by atoms with Crippen LogP contribution in [-0.4, -0.2) is 7.11 Å². The van der Waals surface area contributed by atoms with Gasteiger partial charge in [-0.2, -0.15) is 0 Å². The predicted octanol–water partition coefficient (Wildman–Crippen LogP) is 1.79. The van der Waals surface area contributed by atoms with Crippen molar-refractivity contribution in [2.75, 3.05) is 7.11 Å². The molecule has 1 heterocycles. The van der Waals surface area contributed by atoms with E-state index in [4.69, 9.17) is 4.74 Å². The number of benzene rings is 1. The van der Waals surface area contributed by atoms with Crippen molar-refractivity contribution in [2.45, 2.75) is 6.92 Å². The molecule has 0 bridgehead atoms. The number of nitrogens with zero attached hydrogens (tertiary/aromatic N) is 1. The van der Waals surface area contributed by atoms with Crippen molar-refractivity contribution in [1.82, 2.24) is 0 Å². The van der Waals surface area contributed by atoms with Crippen molar-refractivity contribution < 1.29 is 9.47 Å². The zero-order valence-electron chi connectivity index (χ0n) is 8.15. The van der Waals surface area contributed by atoms with Gasteiger partial charge in [0.1, 0.15) is 0 Å². The molecule has 0 N–H and O–H groups in total. The van der Waals surface area contributed by atoms with Crippen LogP contribution in [0.3, 0.4) is 0 Å². The standard InChI is InChI=1S/C11H11NO2/c1-8-7-11(14-2)12(13)10-6-4-3-5-9(8)10/h3-7H,1-2H3. The maximum atomic E-state index is 11.7. The van der Waals surface area contributed by atoms with Crippen LogP contribution in [0.25, 0.3) is 10.9 Å². The van der Waals surface area contributed by atoms with Crippen molar-refractivity contribution >= 4 is 10.9 Å². The van der Waals surface area contributed by atoms with E-state index in [1.165, 1.54) is 7.11 Å². The second-order valence-corrected chi connectivity index (χ2v) is 3.18. The molecule has 3 nitrogen and oxygen atoms in total. The fourth-order valence-corrected chi connectivity index (χ4v) is 1.57. The number of ether oxygens (including phenoxy) is 1. The quantitative estimate of drug-likeness (QED) is 0.506. The monoisotopic (exact) mass is 189 g/mol. The minimum Gasteiger partial charge on any atom is -0.616 e. The molecule has 0 atom stereocenters. The van der Waals surface area contributed by atoms with Gasteiger partial charge < -0.3 is 9.94 Å². The van der Waals surface area contributed by atoms with E-state index in [0.717, 1.165) is 15.7 Å². The lowest BCUT2D eigenvalue weighted by molar-refractivity contribution is -0.584. The lowest BCUT2D eigenvalue weighted by atomic mass is 10.1. The normalized spacial score (nSPS) is 10.4. The van der Waals surface area contributed by atoms with E-state index in [9.17, 15) is 5.21 Å². The van der Waals surface area contributed by atoms with Gasteiger partial charge in [0.15, 0.2) is 0 Å². The van der Waals surface area contributed by atoms with E-state index < -0.39 is 0 Å². The van der Waals surface area contributed by atoms with E-state index in [1.54, 1.807) is 12.1 Å². The number of pyridine rings is 1. The lowest BCUT2D eigenvalue weighted by Crippen LogP contribution is -2.29. The molecule has 0 unspecified atom stereocenters. The van der Waals surface area contributed by atoms with Gasteiger partial charge in [-0.05, 0) is 18.6 Å². The summed E-state index contributed by atoms with van der Waals surface area (Å²) in [4.78, 5) is 0. The van der Waals surface area contributed by atoms with Gasteiger partial charge in [-0.15, -0.1) is 4.73 Å². The third kappa shape index (κ3) is 1.18. The summed E-state index contributed by atoms with van der Waals surface area (Å²) in [6, 6.07) is 9.23. The number of aryl methyl sites for hydroxylation is 1. The Balaban J connectivity index is 2.87. The third-order valence-corrected chi connectivity index (χ3v) is 2.30. The highest BCUT2D eigenvalue weighted by atomic mass is 16.5. The van der Waals surface area contributed by atoms with Crippen LogP contribution in [0.15, 0.2) is 30.3 Å². The second kappa shape index (κ2) is 3.18. The van der Waals surface area contributed by atoms with Crippen LogP contribution in [0.2, 0.25) is 0 Å². The summed E-state index contributed by atoms with van der Waals surface area (Å²) in [6.07, 6.45) is 0. The molecule has 2 aromatic rings. The third-order valence-electron chi connectivity index (χ3n) is 2.30. The minimum atomic E-state index is 0.334. The Morgan fingerprint density at radius 3 is 2.71 bits per heavy atom. The maximum absolute atomic E-state index is 11.7. The average molecular weight is 189 g/mol. The highest BCUT2D eigenvalue weighted by Crippen LogP contribution is 2.18. The molecule has 0 aliphatic rings. The first-order valence-electron chi connectivity index (χ1n) is 4.40. The summed E-state index contributed by atoms with van der Waals surface area (Å²) >= 11 is 0. The number of hydrogen-bond donors (Lipinski definition) is 0. The molecule has 1 aromatic carbocycles. The largest absolute Gasteiger partial charge is 0.616 e. The molecule has 0 aliphatic heterocycles. The number of aromatic nitrogens is 1. The van der Waals surface area contributed by atoms with Crippen molar-refractivity contribution in [3.8, 4) is 5.88 Å². The molecule has 1 aromatic heterocycles. The van der Waals surface area contributed by atoms with Crippen molar-refractivity contribution in [1.29, 1.82) is 0 Å². The van der Waals surface area contributed by atoms with Crippen LogP contribution in [-0.2, 0) is 0 Å². The molecule has 0 radical (unpaired) electrons. The van der Waals surface area contributed by atoms with Crippen molar-refractivity contribution in [2.24, 2.45) is 0 Å². The van der Waals surface area contributed by atoms with E-state index >= 15 is 0 Å². The van der Waals surface area contributed by atoms with Gasteiger partial charge in [0.25, 0.3) is 0 Å². The molecule has 0 saturated carbocycles. The fourth-order valence-electron chi connectivity index (χ4n) is 1.57. The molecule has 0 saturated heterocycles.